The quantitative estimate of drug-likeness (QED) is 0.486. The average molecular weight is 379 g/mol. The highest BCUT2D eigenvalue weighted by molar-refractivity contribution is 6.81. The van der Waals surface area contributed by atoms with E-state index in [2.05, 4.69) is 0 Å². The van der Waals surface area contributed by atoms with Gasteiger partial charge in [0.05, 0.1) is 0 Å². The Bertz CT molecular complexity index is 299. The van der Waals surface area contributed by atoms with Crippen LogP contribution in [0.1, 0.15) is 0 Å². The molecule has 0 aliphatic carbocycles. The fourth-order valence-electron chi connectivity index (χ4n) is 1.33. The van der Waals surface area contributed by atoms with Crippen LogP contribution in [0.25, 0.3) is 0 Å². The van der Waals surface area contributed by atoms with Gasteiger partial charge < -0.3 is 39.3 Å². The Balaban J connectivity index is 5.24. The minimum atomic E-state index is -3.40. The lowest BCUT2D eigenvalue weighted by Crippen LogP contribution is -2.62. The van der Waals surface area contributed by atoms with E-state index in [1.807, 2.05) is 0 Å². The summed E-state index contributed by atoms with van der Waals surface area (Å²) in [4.78, 5) is 10.1. The summed E-state index contributed by atoms with van der Waals surface area (Å²) in [6.45, 7) is 4.75. The first-order valence-electron chi connectivity index (χ1n) is 6.10. The van der Waals surface area contributed by atoms with Gasteiger partial charge in [-0.1, -0.05) is 0 Å². The van der Waals surface area contributed by atoms with Crippen LogP contribution in [0.2, 0.25) is 19.6 Å². The predicted molar refractivity (Wildman–Crippen MR) is 82.5 cm³/mol. The van der Waals surface area contributed by atoms with Crippen molar-refractivity contribution in [2.24, 2.45) is 0 Å². The smallest absolute Gasteiger partial charge is 0.390 e. The monoisotopic (exact) mass is 378 g/mol. The minimum absolute atomic E-state index is 1.35. The molecule has 0 fully saturated rings. The van der Waals surface area contributed by atoms with Gasteiger partial charge in [-0.2, -0.15) is 0 Å². The molecule has 0 aromatic rings. The van der Waals surface area contributed by atoms with E-state index in [-0.39, 0.29) is 0 Å². The Morgan fingerprint density at radius 1 is 0.714 bits per heavy atom. The first-order valence-corrected chi connectivity index (χ1v) is 14.2. The molecular formula is C8H26O9Si4. The molecule has 0 aliphatic rings. The fraction of sp³-hybridized carbons (Fsp3) is 1.00. The van der Waals surface area contributed by atoms with Crippen LogP contribution in [0.5, 0.6) is 0 Å². The Morgan fingerprint density at radius 3 is 1.52 bits per heavy atom. The molecular weight excluding hydrogens is 352 g/mol. The summed E-state index contributed by atoms with van der Waals surface area (Å²) in [5.41, 5.74) is 0. The zero-order valence-electron chi connectivity index (χ0n) is 13.8. The second kappa shape index (κ2) is 8.96. The summed E-state index contributed by atoms with van der Waals surface area (Å²) in [5, 5.41) is 0. The second-order valence-electron chi connectivity index (χ2n) is 4.32. The maximum absolute atomic E-state index is 10.1. The van der Waals surface area contributed by atoms with Gasteiger partial charge in [-0.25, -0.2) is 0 Å². The third kappa shape index (κ3) is 7.55. The van der Waals surface area contributed by atoms with E-state index in [0.29, 0.717) is 0 Å². The first-order chi connectivity index (χ1) is 9.59. The topological polar surface area (TPSA) is 94.1 Å². The molecule has 0 saturated heterocycles. The van der Waals surface area contributed by atoms with Crippen molar-refractivity contribution in [1.82, 2.24) is 0 Å². The second-order valence-corrected chi connectivity index (χ2v) is 14.9. The molecule has 0 aromatic heterocycles. The molecule has 1 N–H and O–H groups in total. The molecule has 0 aliphatic heterocycles. The SMILES string of the molecule is CO[SiH](OC)O[Si](C)(O[Si](C)(O)OC)O[Si](C)(OC)OC. The molecule has 9 nitrogen and oxygen atoms in total. The van der Waals surface area contributed by atoms with Gasteiger partial charge >= 0.3 is 35.9 Å². The fourth-order valence-corrected chi connectivity index (χ4v) is 12.1. The van der Waals surface area contributed by atoms with Gasteiger partial charge in [0.2, 0.25) is 0 Å². The van der Waals surface area contributed by atoms with Crippen LogP contribution < -0.4 is 0 Å². The minimum Gasteiger partial charge on any atom is -0.390 e. The summed E-state index contributed by atoms with van der Waals surface area (Å²) < 4.78 is 43.0. The molecule has 0 spiro atoms. The van der Waals surface area contributed by atoms with Crippen LogP contribution in [0.3, 0.4) is 0 Å². The normalized spacial score (nSPS) is 18.6. The maximum Gasteiger partial charge on any atom is 0.489 e. The third-order valence-corrected chi connectivity index (χ3v) is 14.0. The molecule has 21 heavy (non-hydrogen) atoms. The van der Waals surface area contributed by atoms with Crippen molar-refractivity contribution in [3.63, 3.8) is 0 Å². The standard InChI is InChI=1S/C8H26O9Si4/c1-10-18(11-2)15-21(8,16-19(6,9)12-3)17-20(7,13-4)14-5/h9,18H,1-8H3. The Kier molecular flexibility index (Phi) is 9.18. The van der Waals surface area contributed by atoms with Crippen molar-refractivity contribution in [3.05, 3.63) is 0 Å². The van der Waals surface area contributed by atoms with Crippen LogP contribution in [-0.2, 0) is 34.5 Å². The molecule has 0 amide bonds. The van der Waals surface area contributed by atoms with Crippen LogP contribution in [0.15, 0.2) is 0 Å². The van der Waals surface area contributed by atoms with E-state index in [9.17, 15) is 4.80 Å². The van der Waals surface area contributed by atoms with Crippen LogP contribution in [0.4, 0.5) is 0 Å². The van der Waals surface area contributed by atoms with Gasteiger partial charge in [0.1, 0.15) is 0 Å². The lowest BCUT2D eigenvalue weighted by atomic mass is 11.8. The van der Waals surface area contributed by atoms with E-state index in [1.165, 1.54) is 42.1 Å². The number of rotatable bonds is 11. The molecule has 13 heteroatoms. The molecule has 0 saturated carbocycles. The van der Waals surface area contributed by atoms with E-state index < -0.39 is 35.9 Å². The highest BCUT2D eigenvalue weighted by Crippen LogP contribution is 2.22. The summed E-state index contributed by atoms with van der Waals surface area (Å²) in [6.07, 6.45) is 0. The lowest BCUT2D eigenvalue weighted by molar-refractivity contribution is 0.0855. The van der Waals surface area contributed by atoms with Gasteiger partial charge in [0, 0.05) is 55.2 Å². The summed E-state index contributed by atoms with van der Waals surface area (Å²) in [5.74, 6) is 0. The van der Waals surface area contributed by atoms with E-state index in [1.54, 1.807) is 13.1 Å². The van der Waals surface area contributed by atoms with Crippen molar-refractivity contribution < 1.29 is 39.3 Å². The van der Waals surface area contributed by atoms with Crippen molar-refractivity contribution in [2.75, 3.05) is 35.5 Å². The highest BCUT2D eigenvalue weighted by atomic mass is 28.5. The molecule has 2 atom stereocenters. The van der Waals surface area contributed by atoms with E-state index in [0.717, 1.165) is 0 Å². The van der Waals surface area contributed by atoms with Gasteiger partial charge in [0.15, 0.2) is 0 Å². The summed E-state index contributed by atoms with van der Waals surface area (Å²) in [6, 6.07) is 0. The van der Waals surface area contributed by atoms with Crippen LogP contribution >= 0.6 is 0 Å². The molecule has 128 valence electrons. The third-order valence-electron chi connectivity index (χ3n) is 2.56. The molecule has 0 rings (SSSR count). The zero-order chi connectivity index (χ0) is 16.7. The van der Waals surface area contributed by atoms with Crippen molar-refractivity contribution in [2.45, 2.75) is 19.6 Å². The largest absolute Gasteiger partial charge is 0.489 e. The Hall–Kier alpha value is 0.508. The number of hydrogen-bond donors (Lipinski definition) is 1. The van der Waals surface area contributed by atoms with Gasteiger partial charge in [-0.3, -0.25) is 0 Å². The molecule has 2 unspecified atom stereocenters. The van der Waals surface area contributed by atoms with Crippen LogP contribution in [0, 0.1) is 0 Å². The van der Waals surface area contributed by atoms with E-state index >= 15 is 0 Å². The maximum atomic E-state index is 10.1. The summed E-state index contributed by atoms with van der Waals surface area (Å²) >= 11 is 0. The molecule has 0 heterocycles. The average Bonchev–Trinajstić information content (AvgIpc) is 2.44. The van der Waals surface area contributed by atoms with Gasteiger partial charge in [-0.15, -0.1) is 0 Å². The zero-order valence-corrected chi connectivity index (χ0v) is 17.9. The molecule has 0 aromatic carbocycles. The Morgan fingerprint density at radius 2 is 1.19 bits per heavy atom. The van der Waals surface area contributed by atoms with Gasteiger partial charge in [0.25, 0.3) is 0 Å². The van der Waals surface area contributed by atoms with E-state index in [4.69, 9.17) is 34.5 Å². The molecule has 0 bridgehead atoms. The highest BCUT2D eigenvalue weighted by Gasteiger charge is 2.53. The Labute approximate surface area is 131 Å². The van der Waals surface area contributed by atoms with Crippen molar-refractivity contribution >= 4 is 35.9 Å². The summed E-state index contributed by atoms with van der Waals surface area (Å²) in [7, 11) is -4.97. The lowest BCUT2D eigenvalue weighted by Gasteiger charge is -2.37. The van der Waals surface area contributed by atoms with Crippen molar-refractivity contribution in [3.8, 4) is 0 Å². The number of hydrogen-bond acceptors (Lipinski definition) is 9. The van der Waals surface area contributed by atoms with Crippen LogP contribution in [-0.4, -0.2) is 76.3 Å². The first kappa shape index (κ1) is 21.5. The van der Waals surface area contributed by atoms with Gasteiger partial charge in [-0.05, 0) is 0 Å². The molecule has 0 radical (unpaired) electrons. The van der Waals surface area contributed by atoms with Crippen molar-refractivity contribution in [1.29, 1.82) is 0 Å². The predicted octanol–water partition coefficient (Wildman–Crippen LogP) is -0.316.